The highest BCUT2D eigenvalue weighted by Gasteiger charge is 2.37. The van der Waals surface area contributed by atoms with Crippen molar-refractivity contribution in [2.75, 3.05) is 18.4 Å². The van der Waals surface area contributed by atoms with Gasteiger partial charge in [-0.15, -0.1) is 0 Å². The average molecular weight is 489 g/mol. The molecule has 1 saturated heterocycles. The summed E-state index contributed by atoms with van der Waals surface area (Å²) in [6.07, 6.45) is -2.35. The van der Waals surface area contributed by atoms with Gasteiger partial charge in [-0.1, -0.05) is 0 Å². The first-order chi connectivity index (χ1) is 17.4. The van der Waals surface area contributed by atoms with E-state index in [1.165, 1.54) is 25.4 Å². The largest absolute Gasteiger partial charge is 0.417 e. The Hall–Kier alpha value is -3.60. The zero-order chi connectivity index (χ0) is 27.0. The Morgan fingerprint density at radius 3 is 2.60 bits per heavy atom. The number of amides is 1. The van der Waals surface area contributed by atoms with E-state index < -0.39 is 42.4 Å². The van der Waals surface area contributed by atoms with Crippen LogP contribution < -0.4 is 5.32 Å². The van der Waals surface area contributed by atoms with Gasteiger partial charge in [-0.05, 0) is 51.1 Å². The molecule has 1 aliphatic heterocycles. The number of anilines is 1. The van der Waals surface area contributed by atoms with Gasteiger partial charge in [0.05, 0.1) is 32.1 Å². The molecule has 3 atom stereocenters. The van der Waals surface area contributed by atoms with Gasteiger partial charge in [0, 0.05) is 37.3 Å². The van der Waals surface area contributed by atoms with Gasteiger partial charge in [0.1, 0.15) is 11.5 Å². The number of carbonyl (C=O) groups is 1. The van der Waals surface area contributed by atoms with Crippen molar-refractivity contribution in [2.45, 2.75) is 45.2 Å². The Morgan fingerprint density at radius 1 is 1.20 bits per heavy atom. The lowest BCUT2D eigenvalue weighted by Gasteiger charge is -2.43. The number of ether oxygens (including phenoxy) is 1. The summed E-state index contributed by atoms with van der Waals surface area (Å²) in [4.78, 5) is 31.7. The minimum atomic E-state index is -4.52. The van der Waals surface area contributed by atoms with Gasteiger partial charge in [0.15, 0.2) is 5.82 Å². The van der Waals surface area contributed by atoms with Crippen LogP contribution in [0, 0.1) is 6.92 Å². The van der Waals surface area contributed by atoms with Crippen LogP contribution in [-0.2, 0) is 10.9 Å². The molecule has 0 radical (unpaired) electrons. The molecule has 0 unspecified atom stereocenters. The molecule has 0 bridgehead atoms. The molecule has 3 aromatic rings. The van der Waals surface area contributed by atoms with E-state index in [4.69, 9.17) is 7.48 Å². The first kappa shape index (κ1) is 21.9. The summed E-state index contributed by atoms with van der Waals surface area (Å²) in [6.45, 7) is 2.66. The molecule has 1 aliphatic rings. The number of alkyl halides is 3. The molecule has 0 aliphatic carbocycles. The zero-order valence-corrected chi connectivity index (χ0v) is 19.2. The number of rotatable bonds is 5. The molecule has 0 saturated carbocycles. The maximum Gasteiger partial charge on any atom is 0.417 e. The third-order valence-electron chi connectivity index (χ3n) is 5.46. The molecular formula is C24H25F3N6O2. The van der Waals surface area contributed by atoms with E-state index >= 15 is 0 Å². The second kappa shape index (κ2) is 9.95. The predicted molar refractivity (Wildman–Crippen MR) is 123 cm³/mol. The molecule has 0 spiro atoms. The second-order valence-corrected chi connectivity index (χ2v) is 8.09. The van der Waals surface area contributed by atoms with Gasteiger partial charge >= 0.3 is 6.18 Å². The van der Waals surface area contributed by atoms with Crippen molar-refractivity contribution >= 4 is 11.7 Å². The van der Waals surface area contributed by atoms with E-state index in [1.807, 2.05) is 0 Å². The number of halogens is 3. The summed E-state index contributed by atoms with van der Waals surface area (Å²) in [5.41, 5.74) is -0.0268. The Balaban J connectivity index is 1.68. The minimum Gasteiger partial charge on any atom is -0.372 e. The van der Waals surface area contributed by atoms with Crippen molar-refractivity contribution in [1.29, 1.82) is 0 Å². The molecule has 1 N–H and O–H groups in total. The van der Waals surface area contributed by atoms with E-state index in [9.17, 15) is 18.0 Å². The SMILES string of the molecule is [2H]C1([2H])[C@@H](C)O[C@@H](C)[C@@H](CNc2ccc(C(F)(F)F)cn2)N1C(=O)c1nc(C)ccc1-c1ncccn1. The van der Waals surface area contributed by atoms with Gasteiger partial charge in [0.2, 0.25) is 0 Å². The van der Waals surface area contributed by atoms with Gasteiger partial charge in [-0.2, -0.15) is 13.2 Å². The normalized spacial score (nSPS) is 22.8. The highest BCUT2D eigenvalue weighted by atomic mass is 19.4. The number of nitrogens with zero attached hydrogens (tertiary/aromatic N) is 5. The van der Waals surface area contributed by atoms with Crippen LogP contribution in [0.3, 0.4) is 0 Å². The lowest BCUT2D eigenvalue weighted by atomic mass is 10.0. The van der Waals surface area contributed by atoms with Gasteiger partial charge in [0.25, 0.3) is 5.91 Å². The smallest absolute Gasteiger partial charge is 0.372 e. The van der Waals surface area contributed by atoms with Crippen LogP contribution in [0.1, 0.15) is 38.3 Å². The Labute approximate surface area is 203 Å². The summed E-state index contributed by atoms with van der Waals surface area (Å²) in [5.74, 6) is -0.291. The van der Waals surface area contributed by atoms with Crippen LogP contribution >= 0.6 is 0 Å². The standard InChI is InChI=1S/C24H25F3N6O2/c1-14-5-7-18(22-28-9-4-10-29-22)21(32-14)23(34)33-13-15(2)35-16(3)19(33)12-31-20-8-6-17(11-30-20)24(25,26)27/h4-11,15-16,19H,12-13H2,1-3H3,(H,30,31)/t15-,16+,19-/m1/s1/i13D2. The molecule has 3 aromatic heterocycles. The lowest BCUT2D eigenvalue weighted by Crippen LogP contribution is -2.58. The highest BCUT2D eigenvalue weighted by molar-refractivity contribution is 5.98. The van der Waals surface area contributed by atoms with Gasteiger partial charge in [-0.25, -0.2) is 19.9 Å². The number of morpholine rings is 1. The summed E-state index contributed by atoms with van der Waals surface area (Å²) in [6, 6.07) is 6.21. The fourth-order valence-corrected chi connectivity index (χ4v) is 3.74. The Morgan fingerprint density at radius 2 is 1.94 bits per heavy atom. The average Bonchev–Trinajstić information content (AvgIpc) is 2.85. The van der Waals surface area contributed by atoms with Crippen LogP contribution in [0.25, 0.3) is 11.4 Å². The number of nitrogens with one attached hydrogen (secondary N) is 1. The van der Waals surface area contributed by atoms with E-state index in [1.54, 1.807) is 32.0 Å². The monoisotopic (exact) mass is 488 g/mol. The van der Waals surface area contributed by atoms with Crippen molar-refractivity contribution in [3.8, 4) is 11.4 Å². The summed E-state index contributed by atoms with van der Waals surface area (Å²) in [7, 11) is 0. The maximum absolute atomic E-state index is 14.0. The van der Waals surface area contributed by atoms with E-state index in [2.05, 4.69) is 25.3 Å². The van der Waals surface area contributed by atoms with Crippen LogP contribution in [0.2, 0.25) is 0 Å². The first-order valence-electron chi connectivity index (χ1n) is 11.9. The molecule has 11 heteroatoms. The second-order valence-electron chi connectivity index (χ2n) is 8.09. The van der Waals surface area contributed by atoms with Crippen molar-refractivity contribution in [3.63, 3.8) is 0 Å². The van der Waals surface area contributed by atoms with Crippen molar-refractivity contribution in [1.82, 2.24) is 24.8 Å². The fourth-order valence-electron chi connectivity index (χ4n) is 3.74. The Bertz CT molecular complexity index is 1260. The number of hydrogen-bond donors (Lipinski definition) is 1. The molecule has 4 heterocycles. The third kappa shape index (κ3) is 5.56. The third-order valence-corrected chi connectivity index (χ3v) is 5.46. The fraction of sp³-hybridized carbons (Fsp3) is 0.375. The first-order valence-corrected chi connectivity index (χ1v) is 10.9. The molecule has 0 aromatic carbocycles. The number of carbonyl (C=O) groups excluding carboxylic acids is 1. The molecule has 8 nitrogen and oxygen atoms in total. The zero-order valence-electron chi connectivity index (χ0n) is 21.2. The highest BCUT2D eigenvalue weighted by Crippen LogP contribution is 2.29. The van der Waals surface area contributed by atoms with Gasteiger partial charge in [-0.3, -0.25) is 4.79 Å². The number of hydrogen-bond acceptors (Lipinski definition) is 7. The molecule has 4 rings (SSSR count). The van der Waals surface area contributed by atoms with E-state index in [-0.39, 0.29) is 23.9 Å². The molecule has 1 fully saturated rings. The topological polar surface area (TPSA) is 93.1 Å². The maximum atomic E-state index is 14.0. The van der Waals surface area contributed by atoms with Crippen LogP contribution in [0.15, 0.2) is 48.9 Å². The summed E-state index contributed by atoms with van der Waals surface area (Å²) >= 11 is 0. The van der Waals surface area contributed by atoms with Gasteiger partial charge < -0.3 is 15.0 Å². The van der Waals surface area contributed by atoms with Crippen molar-refractivity contribution in [3.05, 3.63) is 65.9 Å². The van der Waals surface area contributed by atoms with Crippen molar-refractivity contribution in [2.24, 2.45) is 0 Å². The Kier molecular flexibility index (Phi) is 6.22. The number of aryl methyl sites for hydroxylation is 1. The van der Waals surface area contributed by atoms with Crippen molar-refractivity contribution < 1.29 is 25.4 Å². The summed E-state index contributed by atoms with van der Waals surface area (Å²) in [5, 5.41) is 2.91. The predicted octanol–water partition coefficient (Wildman–Crippen LogP) is 3.99. The minimum absolute atomic E-state index is 0.0194. The molecule has 1 amide bonds. The molecular weight excluding hydrogens is 461 g/mol. The van der Waals surface area contributed by atoms with E-state index in [0.29, 0.717) is 17.5 Å². The molecule has 35 heavy (non-hydrogen) atoms. The summed E-state index contributed by atoms with van der Waals surface area (Å²) < 4.78 is 61.9. The molecule has 184 valence electrons. The lowest BCUT2D eigenvalue weighted by molar-refractivity contribution is -0.137. The van der Waals surface area contributed by atoms with Crippen LogP contribution in [0.4, 0.5) is 19.0 Å². The quantitative estimate of drug-likeness (QED) is 0.581. The van der Waals surface area contributed by atoms with Crippen LogP contribution in [-0.4, -0.2) is 62.0 Å². The van der Waals surface area contributed by atoms with Crippen LogP contribution in [0.5, 0.6) is 0 Å². The number of pyridine rings is 2. The number of aromatic nitrogens is 4. The van der Waals surface area contributed by atoms with E-state index in [0.717, 1.165) is 11.0 Å².